The molecular weight excluding hydrogens is 527 g/mol. The first-order valence-electron chi connectivity index (χ1n) is 10.2. The Bertz CT molecular complexity index is 961. The smallest absolute Gasteiger partial charge is 0.257 e. The summed E-state index contributed by atoms with van der Waals surface area (Å²) in [5.74, 6) is 2.06. The van der Waals surface area contributed by atoms with Gasteiger partial charge in [0.2, 0.25) is 0 Å². The van der Waals surface area contributed by atoms with Gasteiger partial charge in [-0.3, -0.25) is 0 Å². The van der Waals surface area contributed by atoms with Crippen LogP contribution in [-0.2, 0) is 19.4 Å². The normalized spacial score (nSPS) is 11.1. The molecule has 3 rings (SSSR count). The topological polar surface area (TPSA) is 88.2 Å². The summed E-state index contributed by atoms with van der Waals surface area (Å²) in [5, 5.41) is 11.2. The van der Waals surface area contributed by atoms with E-state index >= 15 is 0 Å². The van der Waals surface area contributed by atoms with Gasteiger partial charge in [0.15, 0.2) is 11.8 Å². The summed E-state index contributed by atoms with van der Waals surface area (Å²) < 4.78 is 5.39. The number of hydrogen-bond acceptors (Lipinski definition) is 5. The van der Waals surface area contributed by atoms with Crippen molar-refractivity contribution in [3.05, 3.63) is 64.7 Å². The van der Waals surface area contributed by atoms with Crippen LogP contribution in [0.4, 0.5) is 0 Å². The molecule has 0 amide bonds. The van der Waals surface area contributed by atoms with E-state index in [9.17, 15) is 0 Å². The second-order valence-electron chi connectivity index (χ2n) is 6.83. The van der Waals surface area contributed by atoms with Gasteiger partial charge in [0.1, 0.15) is 5.15 Å². The van der Waals surface area contributed by atoms with E-state index in [1.807, 2.05) is 37.3 Å². The van der Waals surface area contributed by atoms with Gasteiger partial charge in [-0.15, -0.1) is 24.0 Å². The van der Waals surface area contributed by atoms with Gasteiger partial charge in [0, 0.05) is 31.3 Å². The molecule has 31 heavy (non-hydrogen) atoms. The highest BCUT2D eigenvalue weighted by atomic mass is 127. The lowest BCUT2D eigenvalue weighted by atomic mass is 10.1. The van der Waals surface area contributed by atoms with E-state index < -0.39 is 0 Å². The molecule has 0 saturated heterocycles. The third-order valence-electron chi connectivity index (χ3n) is 4.37. The van der Waals surface area contributed by atoms with E-state index in [4.69, 9.17) is 16.1 Å². The molecule has 0 atom stereocenters. The molecule has 9 heteroatoms. The van der Waals surface area contributed by atoms with Crippen LogP contribution < -0.4 is 10.6 Å². The number of aliphatic imine (C=N–C) groups is 1. The van der Waals surface area contributed by atoms with E-state index in [2.05, 4.69) is 37.7 Å². The number of benzene rings is 1. The van der Waals surface area contributed by atoms with Crippen LogP contribution in [0.25, 0.3) is 11.5 Å². The zero-order valence-corrected chi connectivity index (χ0v) is 20.9. The van der Waals surface area contributed by atoms with E-state index in [1.165, 1.54) is 0 Å². The number of rotatable bonds is 9. The molecule has 2 aromatic heterocycles. The molecule has 0 bridgehead atoms. The number of nitrogens with one attached hydrogen (secondary N) is 2. The summed E-state index contributed by atoms with van der Waals surface area (Å²) >= 11 is 5.83. The molecule has 0 aliphatic carbocycles. The Labute approximate surface area is 205 Å². The van der Waals surface area contributed by atoms with E-state index in [1.54, 1.807) is 12.3 Å². The minimum absolute atomic E-state index is 0. The highest BCUT2D eigenvalue weighted by Gasteiger charge is 2.09. The Hall–Kier alpha value is -2.20. The van der Waals surface area contributed by atoms with Gasteiger partial charge in [0.05, 0.1) is 6.54 Å². The van der Waals surface area contributed by atoms with Crippen LogP contribution in [0.3, 0.4) is 0 Å². The molecule has 0 radical (unpaired) electrons. The van der Waals surface area contributed by atoms with E-state index in [0.717, 1.165) is 60.8 Å². The van der Waals surface area contributed by atoms with Crippen LogP contribution in [-0.4, -0.2) is 34.2 Å². The lowest BCUT2D eigenvalue weighted by Crippen LogP contribution is -2.38. The maximum atomic E-state index is 5.83. The van der Waals surface area contributed by atoms with Crippen molar-refractivity contribution in [2.45, 2.75) is 39.7 Å². The minimum atomic E-state index is 0. The largest absolute Gasteiger partial charge is 0.357 e. The summed E-state index contributed by atoms with van der Waals surface area (Å²) in [5.41, 5.74) is 3.10. The van der Waals surface area contributed by atoms with Crippen molar-refractivity contribution in [2.24, 2.45) is 4.99 Å². The van der Waals surface area contributed by atoms with Gasteiger partial charge in [-0.2, -0.15) is 4.98 Å². The zero-order chi connectivity index (χ0) is 21.2. The molecule has 0 saturated carbocycles. The Morgan fingerprint density at radius 1 is 1.10 bits per heavy atom. The fourth-order valence-corrected chi connectivity index (χ4v) is 3.00. The van der Waals surface area contributed by atoms with Crippen molar-refractivity contribution in [3.8, 4) is 11.5 Å². The van der Waals surface area contributed by atoms with Gasteiger partial charge >= 0.3 is 0 Å². The SMILES string of the molecule is CCCc1noc(-c2cccc(CN=C(NCC)NCCc3ccc(Cl)nc3)c2)n1.I. The van der Waals surface area contributed by atoms with Crippen molar-refractivity contribution in [1.29, 1.82) is 0 Å². The number of halogens is 2. The van der Waals surface area contributed by atoms with Gasteiger partial charge in [-0.1, -0.05) is 41.9 Å². The molecule has 0 unspecified atom stereocenters. The maximum Gasteiger partial charge on any atom is 0.257 e. The molecule has 0 aliphatic heterocycles. The number of guanidine groups is 1. The quantitative estimate of drug-likeness (QED) is 0.173. The number of aromatic nitrogens is 3. The number of pyridine rings is 1. The van der Waals surface area contributed by atoms with Crippen LogP contribution in [0.15, 0.2) is 52.1 Å². The van der Waals surface area contributed by atoms with Crippen molar-refractivity contribution in [3.63, 3.8) is 0 Å². The Kier molecular flexibility index (Phi) is 10.7. The number of hydrogen-bond donors (Lipinski definition) is 2. The predicted octanol–water partition coefficient (Wildman–Crippen LogP) is 4.65. The summed E-state index contributed by atoms with van der Waals surface area (Å²) in [6, 6.07) is 11.8. The Balaban J connectivity index is 0.00000341. The van der Waals surface area contributed by atoms with Crippen LogP contribution in [0.1, 0.15) is 37.2 Å². The second-order valence-corrected chi connectivity index (χ2v) is 7.21. The van der Waals surface area contributed by atoms with Crippen molar-refractivity contribution < 1.29 is 4.52 Å². The molecule has 1 aromatic carbocycles. The lowest BCUT2D eigenvalue weighted by Gasteiger charge is -2.11. The maximum absolute atomic E-state index is 5.83. The Morgan fingerprint density at radius 3 is 2.71 bits per heavy atom. The van der Waals surface area contributed by atoms with E-state index in [0.29, 0.717) is 17.6 Å². The fraction of sp³-hybridized carbons (Fsp3) is 0.364. The van der Waals surface area contributed by atoms with Gasteiger partial charge in [0.25, 0.3) is 5.89 Å². The molecular formula is C22H28ClIN6O. The predicted molar refractivity (Wildman–Crippen MR) is 135 cm³/mol. The summed E-state index contributed by atoms with van der Waals surface area (Å²) in [4.78, 5) is 13.3. The average molecular weight is 555 g/mol. The fourth-order valence-electron chi connectivity index (χ4n) is 2.89. The third-order valence-corrected chi connectivity index (χ3v) is 4.60. The van der Waals surface area contributed by atoms with E-state index in [-0.39, 0.29) is 24.0 Å². The van der Waals surface area contributed by atoms with Gasteiger partial charge in [-0.25, -0.2) is 9.98 Å². The second kappa shape index (κ2) is 13.3. The molecule has 0 spiro atoms. The van der Waals surface area contributed by atoms with Crippen molar-refractivity contribution >= 4 is 41.5 Å². The van der Waals surface area contributed by atoms with Crippen LogP contribution in [0, 0.1) is 0 Å². The first-order chi connectivity index (χ1) is 14.7. The van der Waals surface area contributed by atoms with Crippen LogP contribution >= 0.6 is 35.6 Å². The molecule has 0 fully saturated rings. The number of aryl methyl sites for hydroxylation is 1. The standard InChI is InChI=1S/C22H27ClN6O.HI/c1-3-6-20-28-21(30-29-20)18-8-5-7-17(13-18)15-27-22(24-4-2)25-12-11-16-9-10-19(23)26-14-16;/h5,7-10,13-14H,3-4,6,11-12,15H2,1-2H3,(H2,24,25,27);1H. The van der Waals surface area contributed by atoms with Gasteiger partial charge in [-0.05, 0) is 49.1 Å². The monoisotopic (exact) mass is 554 g/mol. The molecule has 166 valence electrons. The average Bonchev–Trinajstić information content (AvgIpc) is 3.23. The van der Waals surface area contributed by atoms with Crippen LogP contribution in [0.5, 0.6) is 0 Å². The highest BCUT2D eigenvalue weighted by molar-refractivity contribution is 14.0. The molecule has 7 nitrogen and oxygen atoms in total. The molecule has 3 aromatic rings. The summed E-state index contributed by atoms with van der Waals surface area (Å²) in [6.07, 6.45) is 4.43. The highest BCUT2D eigenvalue weighted by Crippen LogP contribution is 2.19. The summed E-state index contributed by atoms with van der Waals surface area (Å²) in [7, 11) is 0. The minimum Gasteiger partial charge on any atom is -0.357 e. The molecule has 2 heterocycles. The summed E-state index contributed by atoms with van der Waals surface area (Å²) in [6.45, 7) is 6.22. The van der Waals surface area contributed by atoms with Crippen molar-refractivity contribution in [1.82, 2.24) is 25.8 Å². The Morgan fingerprint density at radius 2 is 1.97 bits per heavy atom. The molecule has 0 aliphatic rings. The molecule has 2 N–H and O–H groups in total. The number of nitrogens with zero attached hydrogens (tertiary/aromatic N) is 4. The van der Waals surface area contributed by atoms with Crippen LogP contribution in [0.2, 0.25) is 5.15 Å². The first kappa shape index (κ1) is 25.1. The first-order valence-corrected chi connectivity index (χ1v) is 10.6. The third kappa shape index (κ3) is 8.10. The lowest BCUT2D eigenvalue weighted by molar-refractivity contribution is 0.422. The van der Waals surface area contributed by atoms with Gasteiger partial charge < -0.3 is 15.2 Å². The van der Waals surface area contributed by atoms with Crippen molar-refractivity contribution in [2.75, 3.05) is 13.1 Å². The zero-order valence-electron chi connectivity index (χ0n) is 17.8.